The number of hydrogen-bond acceptors (Lipinski definition) is 4. The first kappa shape index (κ1) is 24.6. The number of fused-ring (bicyclic) bond motifs is 2. The van der Waals surface area contributed by atoms with Gasteiger partial charge in [-0.05, 0) is 91.3 Å². The Morgan fingerprint density at radius 2 is 2.12 bits per heavy atom. The van der Waals surface area contributed by atoms with Gasteiger partial charge in [-0.2, -0.15) is 0 Å². The molecule has 0 amide bonds. The van der Waals surface area contributed by atoms with Crippen molar-refractivity contribution in [1.82, 2.24) is 0 Å². The molecular weight excluding hydrogens is 450 g/mol. The van der Waals surface area contributed by atoms with Crippen molar-refractivity contribution in [2.24, 2.45) is 11.3 Å². The molecule has 0 saturated heterocycles. The predicted octanol–water partition coefficient (Wildman–Crippen LogP) is 6.11. The van der Waals surface area contributed by atoms with Crippen LogP contribution in [0.4, 0.5) is 5.69 Å². The van der Waals surface area contributed by atoms with Crippen molar-refractivity contribution in [3.63, 3.8) is 0 Å². The van der Waals surface area contributed by atoms with Gasteiger partial charge in [0.2, 0.25) is 0 Å². The molecule has 34 heavy (non-hydrogen) atoms. The highest BCUT2D eigenvalue weighted by Gasteiger charge is 2.47. The molecule has 0 unspecified atom stereocenters. The fraction of sp³-hybridized carbons (Fsp3) is 0.464. The van der Waals surface area contributed by atoms with Gasteiger partial charge < -0.3 is 19.8 Å². The Morgan fingerprint density at radius 1 is 1.29 bits per heavy atom. The standard InChI is InChI=1S/C28H34ClNO4/c1-3-6-26(31)28(2)13-12-22(28)17-30-14-5-4-7-19-15-23(29)10-8-21(19)18-34-25-11-9-20(27(32)33)16-24(25)30/h3,8-11,15-16,22,26,31H,1,4-7,12-14,17-18H2,2H3,(H,32,33)/t22-,26-,28-/m0/s1. The van der Waals surface area contributed by atoms with Gasteiger partial charge in [-0.3, -0.25) is 0 Å². The van der Waals surface area contributed by atoms with Crippen molar-refractivity contribution in [3.8, 4) is 5.75 Å². The third kappa shape index (κ3) is 5.11. The van der Waals surface area contributed by atoms with Gasteiger partial charge in [0, 0.05) is 18.1 Å². The quantitative estimate of drug-likeness (QED) is 0.485. The Morgan fingerprint density at radius 3 is 2.82 bits per heavy atom. The summed E-state index contributed by atoms with van der Waals surface area (Å²) in [5, 5.41) is 21.1. The molecule has 4 rings (SSSR count). The zero-order valence-corrected chi connectivity index (χ0v) is 20.6. The maximum absolute atomic E-state index is 11.8. The largest absolute Gasteiger partial charge is 0.487 e. The summed E-state index contributed by atoms with van der Waals surface area (Å²) in [5.74, 6) is 0.0392. The smallest absolute Gasteiger partial charge is 0.335 e. The number of carboxylic acids is 1. The number of halogens is 1. The number of aryl methyl sites for hydroxylation is 1. The fourth-order valence-corrected chi connectivity index (χ4v) is 5.50. The molecule has 1 saturated carbocycles. The van der Waals surface area contributed by atoms with Crippen LogP contribution in [0, 0.1) is 11.3 Å². The monoisotopic (exact) mass is 483 g/mol. The van der Waals surface area contributed by atoms with Gasteiger partial charge in [0.05, 0.1) is 17.4 Å². The van der Waals surface area contributed by atoms with Crippen LogP contribution >= 0.6 is 11.6 Å². The van der Waals surface area contributed by atoms with Crippen LogP contribution in [0.25, 0.3) is 0 Å². The molecule has 0 radical (unpaired) electrons. The summed E-state index contributed by atoms with van der Waals surface area (Å²) in [6.45, 7) is 7.90. The van der Waals surface area contributed by atoms with E-state index >= 15 is 0 Å². The number of benzene rings is 2. The minimum atomic E-state index is -0.952. The van der Waals surface area contributed by atoms with Crippen LogP contribution in [0.2, 0.25) is 5.02 Å². The molecule has 3 atom stereocenters. The van der Waals surface area contributed by atoms with Crippen molar-refractivity contribution in [3.05, 3.63) is 70.8 Å². The number of anilines is 1. The van der Waals surface area contributed by atoms with Crippen LogP contribution < -0.4 is 9.64 Å². The molecule has 1 fully saturated rings. The number of carbonyl (C=O) groups is 1. The Balaban J connectivity index is 1.65. The molecular formula is C28H34ClNO4. The lowest BCUT2D eigenvalue weighted by Crippen LogP contribution is -2.51. The minimum absolute atomic E-state index is 0.168. The zero-order chi connectivity index (χ0) is 24.3. The van der Waals surface area contributed by atoms with Crippen LogP contribution in [-0.2, 0) is 13.0 Å². The van der Waals surface area contributed by atoms with E-state index < -0.39 is 12.1 Å². The average molecular weight is 484 g/mol. The van der Waals surface area contributed by atoms with Gasteiger partial charge in [-0.15, -0.1) is 6.58 Å². The Hall–Kier alpha value is -2.50. The first-order chi connectivity index (χ1) is 16.3. The molecule has 0 aromatic heterocycles. The number of aliphatic hydroxyl groups excluding tert-OH is 1. The molecule has 2 N–H and O–H groups in total. The van der Waals surface area contributed by atoms with Gasteiger partial charge >= 0.3 is 5.97 Å². The third-order valence-corrected chi connectivity index (χ3v) is 8.01. The molecule has 5 nitrogen and oxygen atoms in total. The minimum Gasteiger partial charge on any atom is -0.487 e. The topological polar surface area (TPSA) is 70.0 Å². The fourth-order valence-electron chi connectivity index (χ4n) is 5.31. The van der Waals surface area contributed by atoms with E-state index in [4.69, 9.17) is 16.3 Å². The van der Waals surface area contributed by atoms with E-state index in [2.05, 4.69) is 18.4 Å². The van der Waals surface area contributed by atoms with Gasteiger partial charge in [-0.25, -0.2) is 4.79 Å². The highest BCUT2D eigenvalue weighted by molar-refractivity contribution is 6.30. The SMILES string of the molecule is C=CC[C@H](O)[C@@]1(C)CC[C@H]1CN1CCCCc2cc(Cl)ccc2COc2ccc(C(=O)O)cc21. The molecule has 182 valence electrons. The van der Waals surface area contributed by atoms with E-state index in [9.17, 15) is 15.0 Å². The molecule has 0 bridgehead atoms. The summed E-state index contributed by atoms with van der Waals surface area (Å²) in [6, 6.07) is 11.0. The summed E-state index contributed by atoms with van der Waals surface area (Å²) in [5.41, 5.74) is 3.19. The average Bonchev–Trinajstić information content (AvgIpc) is 2.84. The molecule has 0 spiro atoms. The summed E-state index contributed by atoms with van der Waals surface area (Å²) in [6.07, 6.45) is 6.84. The highest BCUT2D eigenvalue weighted by Crippen LogP contribution is 2.51. The van der Waals surface area contributed by atoms with E-state index in [-0.39, 0.29) is 11.0 Å². The van der Waals surface area contributed by atoms with Gasteiger partial charge in [0.15, 0.2) is 0 Å². The van der Waals surface area contributed by atoms with E-state index in [1.54, 1.807) is 24.3 Å². The predicted molar refractivity (Wildman–Crippen MR) is 136 cm³/mol. The van der Waals surface area contributed by atoms with Crippen LogP contribution in [-0.4, -0.2) is 35.4 Å². The third-order valence-electron chi connectivity index (χ3n) is 7.78. The van der Waals surface area contributed by atoms with Crippen molar-refractivity contribution in [2.75, 3.05) is 18.0 Å². The van der Waals surface area contributed by atoms with Crippen molar-refractivity contribution >= 4 is 23.3 Å². The molecule has 1 aliphatic heterocycles. The zero-order valence-electron chi connectivity index (χ0n) is 19.8. The number of hydrogen-bond donors (Lipinski definition) is 2. The van der Waals surface area contributed by atoms with Crippen molar-refractivity contribution in [1.29, 1.82) is 0 Å². The summed E-state index contributed by atoms with van der Waals surface area (Å²) in [7, 11) is 0. The van der Waals surface area contributed by atoms with Crippen molar-refractivity contribution < 1.29 is 19.7 Å². The van der Waals surface area contributed by atoms with Gasteiger partial charge in [0.25, 0.3) is 0 Å². The second-order valence-corrected chi connectivity index (χ2v) is 10.3. The lowest BCUT2D eigenvalue weighted by atomic mass is 9.57. The molecule has 1 aliphatic carbocycles. The summed E-state index contributed by atoms with van der Waals surface area (Å²) < 4.78 is 6.28. The van der Waals surface area contributed by atoms with Gasteiger partial charge in [-0.1, -0.05) is 30.7 Å². The van der Waals surface area contributed by atoms with E-state index in [1.807, 2.05) is 18.2 Å². The van der Waals surface area contributed by atoms with Gasteiger partial charge in [0.1, 0.15) is 12.4 Å². The Kier molecular flexibility index (Phi) is 7.54. The lowest BCUT2D eigenvalue weighted by molar-refractivity contribution is -0.0693. The maximum atomic E-state index is 11.8. The van der Waals surface area contributed by atoms with Crippen LogP contribution in [0.3, 0.4) is 0 Å². The molecule has 2 aliphatic rings. The summed E-state index contributed by atoms with van der Waals surface area (Å²) in [4.78, 5) is 14.0. The van der Waals surface area contributed by atoms with E-state index in [0.717, 1.165) is 61.5 Å². The van der Waals surface area contributed by atoms with Crippen LogP contribution in [0.5, 0.6) is 5.75 Å². The second-order valence-electron chi connectivity index (χ2n) is 9.87. The highest BCUT2D eigenvalue weighted by atomic mass is 35.5. The molecule has 6 heteroatoms. The second kappa shape index (κ2) is 10.4. The number of rotatable bonds is 6. The molecule has 2 aromatic carbocycles. The van der Waals surface area contributed by atoms with Crippen molar-refractivity contribution in [2.45, 2.75) is 58.2 Å². The normalized spacial score (nSPS) is 23.4. The van der Waals surface area contributed by atoms with E-state index in [0.29, 0.717) is 24.7 Å². The first-order valence-electron chi connectivity index (χ1n) is 12.1. The number of aliphatic hydroxyl groups is 1. The molecule has 1 heterocycles. The first-order valence-corrected chi connectivity index (χ1v) is 12.5. The lowest BCUT2D eigenvalue weighted by Gasteiger charge is -2.52. The summed E-state index contributed by atoms with van der Waals surface area (Å²) >= 11 is 6.25. The maximum Gasteiger partial charge on any atom is 0.335 e. The van der Waals surface area contributed by atoms with E-state index in [1.165, 1.54) is 5.56 Å². The number of ether oxygens (including phenoxy) is 1. The number of carboxylic acid groups (broad SMARTS) is 1. The Labute approximate surface area is 207 Å². The number of aromatic carboxylic acids is 1. The number of nitrogens with zero attached hydrogens (tertiary/aromatic N) is 1. The molecule has 2 aromatic rings. The van der Waals surface area contributed by atoms with Crippen LogP contribution in [0.15, 0.2) is 49.1 Å². The Bertz CT molecular complexity index is 1050. The van der Waals surface area contributed by atoms with Crippen LogP contribution in [0.1, 0.15) is 60.5 Å².